The van der Waals surface area contributed by atoms with E-state index in [1.165, 1.54) is 25.7 Å². The Hall–Kier alpha value is -0.120. The first-order valence-corrected chi connectivity index (χ1v) is 5.75. The molecule has 0 amide bonds. The lowest BCUT2D eigenvalue weighted by molar-refractivity contribution is 0.00224. The van der Waals surface area contributed by atoms with Gasteiger partial charge in [0, 0.05) is 19.1 Å². The number of nitrogens with two attached hydrogens (primary N) is 1. The second-order valence-corrected chi connectivity index (χ2v) is 4.73. The van der Waals surface area contributed by atoms with Crippen molar-refractivity contribution in [1.29, 1.82) is 0 Å². The first-order chi connectivity index (χ1) is 6.59. The molecular weight excluding hydrogens is 176 g/mol. The van der Waals surface area contributed by atoms with Crippen LogP contribution in [0.15, 0.2) is 0 Å². The Morgan fingerprint density at radius 1 is 1.50 bits per heavy atom. The molecule has 1 saturated heterocycles. The van der Waals surface area contributed by atoms with Gasteiger partial charge in [-0.05, 0) is 32.7 Å². The van der Waals surface area contributed by atoms with Crippen molar-refractivity contribution in [3.63, 3.8) is 0 Å². The van der Waals surface area contributed by atoms with Crippen LogP contribution in [-0.2, 0) is 0 Å². The summed E-state index contributed by atoms with van der Waals surface area (Å²) in [6.45, 7) is 6.24. The predicted molar refractivity (Wildman–Crippen MR) is 59.2 cm³/mol. The lowest BCUT2D eigenvalue weighted by Gasteiger charge is -2.39. The number of likely N-dealkylation sites (tertiary alicyclic amines) is 1. The summed E-state index contributed by atoms with van der Waals surface area (Å²) in [6, 6.07) is 0.654. The molecule has 0 radical (unpaired) electrons. The molecule has 0 bridgehead atoms. The largest absolute Gasteiger partial charge is 0.388 e. The summed E-state index contributed by atoms with van der Waals surface area (Å²) in [4.78, 5) is 2.40. The van der Waals surface area contributed by atoms with Crippen LogP contribution in [0.3, 0.4) is 0 Å². The Labute approximate surface area is 87.3 Å². The van der Waals surface area contributed by atoms with Crippen LogP contribution in [0.2, 0.25) is 0 Å². The Kier molecular flexibility index (Phi) is 4.35. The van der Waals surface area contributed by atoms with Crippen LogP contribution in [0.25, 0.3) is 0 Å². The smallest absolute Gasteiger partial charge is 0.0867 e. The van der Waals surface area contributed by atoms with Crippen molar-refractivity contribution in [2.75, 3.05) is 19.6 Å². The highest BCUT2D eigenvalue weighted by Gasteiger charge is 2.27. The van der Waals surface area contributed by atoms with Crippen molar-refractivity contribution >= 4 is 0 Å². The molecule has 0 aliphatic carbocycles. The van der Waals surface area contributed by atoms with Gasteiger partial charge in [0.05, 0.1) is 5.60 Å². The SMILES string of the molecule is CCC1CCCCN1CC(C)(O)CN. The second kappa shape index (κ2) is 5.10. The number of piperidine rings is 1. The maximum absolute atomic E-state index is 9.92. The van der Waals surface area contributed by atoms with E-state index in [1.807, 2.05) is 6.92 Å². The van der Waals surface area contributed by atoms with Gasteiger partial charge in [-0.25, -0.2) is 0 Å². The van der Waals surface area contributed by atoms with Gasteiger partial charge in [-0.1, -0.05) is 13.3 Å². The van der Waals surface area contributed by atoms with Gasteiger partial charge in [-0.3, -0.25) is 4.90 Å². The number of rotatable bonds is 4. The predicted octanol–water partition coefficient (Wildman–Crippen LogP) is 0.961. The highest BCUT2D eigenvalue weighted by Crippen LogP contribution is 2.21. The molecular formula is C11H24N2O. The quantitative estimate of drug-likeness (QED) is 0.710. The molecule has 1 heterocycles. The molecule has 2 unspecified atom stereocenters. The molecule has 1 aliphatic rings. The highest BCUT2D eigenvalue weighted by atomic mass is 16.3. The Morgan fingerprint density at radius 2 is 2.21 bits per heavy atom. The zero-order valence-electron chi connectivity index (χ0n) is 9.50. The maximum atomic E-state index is 9.92. The minimum atomic E-state index is -0.718. The van der Waals surface area contributed by atoms with Crippen molar-refractivity contribution in [3.8, 4) is 0 Å². The van der Waals surface area contributed by atoms with Gasteiger partial charge < -0.3 is 10.8 Å². The number of hydrogen-bond acceptors (Lipinski definition) is 3. The van der Waals surface area contributed by atoms with Crippen LogP contribution in [0.4, 0.5) is 0 Å². The summed E-state index contributed by atoms with van der Waals surface area (Å²) in [5, 5.41) is 9.92. The van der Waals surface area contributed by atoms with Gasteiger partial charge >= 0.3 is 0 Å². The molecule has 0 aromatic heterocycles. The van der Waals surface area contributed by atoms with E-state index in [2.05, 4.69) is 11.8 Å². The number of hydrogen-bond donors (Lipinski definition) is 2. The molecule has 1 rings (SSSR count). The summed E-state index contributed by atoms with van der Waals surface area (Å²) in [5.74, 6) is 0. The monoisotopic (exact) mass is 200 g/mol. The fraction of sp³-hybridized carbons (Fsp3) is 1.00. The maximum Gasteiger partial charge on any atom is 0.0867 e. The first-order valence-electron chi connectivity index (χ1n) is 5.75. The minimum Gasteiger partial charge on any atom is -0.388 e. The summed E-state index contributed by atoms with van der Waals surface area (Å²) in [6.07, 6.45) is 5.05. The van der Waals surface area contributed by atoms with Gasteiger partial charge in [0.2, 0.25) is 0 Å². The highest BCUT2D eigenvalue weighted by molar-refractivity contribution is 4.84. The fourth-order valence-corrected chi connectivity index (χ4v) is 2.23. The molecule has 1 aliphatic heterocycles. The second-order valence-electron chi connectivity index (χ2n) is 4.73. The van der Waals surface area contributed by atoms with Gasteiger partial charge in [-0.15, -0.1) is 0 Å². The fourth-order valence-electron chi connectivity index (χ4n) is 2.23. The Balaban J connectivity index is 2.48. The zero-order chi connectivity index (χ0) is 10.6. The van der Waals surface area contributed by atoms with E-state index < -0.39 is 5.60 Å². The Bertz CT molecular complexity index is 171. The van der Waals surface area contributed by atoms with Crippen LogP contribution < -0.4 is 5.73 Å². The van der Waals surface area contributed by atoms with Crippen molar-refractivity contribution in [2.45, 2.75) is 51.2 Å². The van der Waals surface area contributed by atoms with Crippen LogP contribution in [0, 0.1) is 0 Å². The molecule has 3 N–H and O–H groups in total. The van der Waals surface area contributed by atoms with E-state index in [1.54, 1.807) is 0 Å². The van der Waals surface area contributed by atoms with E-state index in [9.17, 15) is 5.11 Å². The third kappa shape index (κ3) is 3.23. The molecule has 3 nitrogen and oxygen atoms in total. The lowest BCUT2D eigenvalue weighted by atomic mass is 9.97. The molecule has 0 saturated carbocycles. The van der Waals surface area contributed by atoms with Crippen molar-refractivity contribution in [1.82, 2.24) is 4.90 Å². The lowest BCUT2D eigenvalue weighted by Crippen LogP contribution is -2.51. The summed E-state index contributed by atoms with van der Waals surface area (Å²) in [5.41, 5.74) is 4.82. The van der Waals surface area contributed by atoms with Gasteiger partial charge in [0.1, 0.15) is 0 Å². The summed E-state index contributed by atoms with van der Waals surface area (Å²) < 4.78 is 0. The average Bonchev–Trinajstić information content (AvgIpc) is 2.18. The third-order valence-electron chi connectivity index (χ3n) is 3.20. The third-order valence-corrected chi connectivity index (χ3v) is 3.20. The van der Waals surface area contributed by atoms with Crippen LogP contribution in [0.5, 0.6) is 0 Å². The van der Waals surface area contributed by atoms with E-state index >= 15 is 0 Å². The molecule has 3 heteroatoms. The molecule has 84 valence electrons. The van der Waals surface area contributed by atoms with Crippen molar-refractivity contribution < 1.29 is 5.11 Å². The molecule has 0 spiro atoms. The van der Waals surface area contributed by atoms with Crippen LogP contribution in [0.1, 0.15) is 39.5 Å². The standard InChI is InChI=1S/C11H24N2O/c1-3-10-6-4-5-7-13(10)9-11(2,14)8-12/h10,14H,3-9,12H2,1-2H3. The topological polar surface area (TPSA) is 49.5 Å². The molecule has 14 heavy (non-hydrogen) atoms. The summed E-state index contributed by atoms with van der Waals surface area (Å²) in [7, 11) is 0. The van der Waals surface area contributed by atoms with E-state index in [4.69, 9.17) is 5.73 Å². The van der Waals surface area contributed by atoms with E-state index in [0.29, 0.717) is 12.6 Å². The van der Waals surface area contributed by atoms with Crippen molar-refractivity contribution in [2.24, 2.45) is 5.73 Å². The summed E-state index contributed by atoms with van der Waals surface area (Å²) >= 11 is 0. The molecule has 1 fully saturated rings. The van der Waals surface area contributed by atoms with Crippen LogP contribution >= 0.6 is 0 Å². The number of nitrogens with zero attached hydrogens (tertiary/aromatic N) is 1. The zero-order valence-corrected chi connectivity index (χ0v) is 9.50. The molecule has 0 aromatic rings. The van der Waals surface area contributed by atoms with Crippen LogP contribution in [-0.4, -0.2) is 41.3 Å². The van der Waals surface area contributed by atoms with Gasteiger partial charge in [-0.2, -0.15) is 0 Å². The minimum absolute atomic E-state index is 0.347. The van der Waals surface area contributed by atoms with E-state index in [-0.39, 0.29) is 0 Å². The number of aliphatic hydroxyl groups is 1. The molecule has 2 atom stereocenters. The number of β-amino-alcohol motifs (C(OH)–C–C–N with tert-alkyl or cyclic N) is 1. The first kappa shape index (κ1) is 12.0. The van der Waals surface area contributed by atoms with Gasteiger partial charge in [0.25, 0.3) is 0 Å². The van der Waals surface area contributed by atoms with E-state index in [0.717, 1.165) is 13.1 Å². The Morgan fingerprint density at radius 3 is 2.79 bits per heavy atom. The van der Waals surface area contributed by atoms with Crippen molar-refractivity contribution in [3.05, 3.63) is 0 Å². The van der Waals surface area contributed by atoms with Gasteiger partial charge in [0.15, 0.2) is 0 Å². The normalized spacial score (nSPS) is 28.7. The molecule has 0 aromatic carbocycles. The average molecular weight is 200 g/mol.